The Morgan fingerprint density at radius 3 is 2.52 bits per heavy atom. The Labute approximate surface area is 168 Å². The van der Waals surface area contributed by atoms with Gasteiger partial charge in [-0.1, -0.05) is 25.1 Å². The van der Waals surface area contributed by atoms with E-state index in [9.17, 15) is 13.6 Å². The molecule has 1 aliphatic heterocycles. The quantitative estimate of drug-likeness (QED) is 0.639. The molecule has 150 valence electrons. The van der Waals surface area contributed by atoms with E-state index >= 15 is 0 Å². The molecule has 1 amide bonds. The van der Waals surface area contributed by atoms with Crippen LogP contribution < -0.4 is 5.32 Å². The zero-order valence-electron chi connectivity index (χ0n) is 16.3. The van der Waals surface area contributed by atoms with Crippen LogP contribution in [0.4, 0.5) is 20.3 Å². The molecule has 0 spiro atoms. The van der Waals surface area contributed by atoms with Gasteiger partial charge in [-0.05, 0) is 43.4 Å². The smallest absolute Gasteiger partial charge is 0.256 e. The molecule has 1 saturated heterocycles. The lowest BCUT2D eigenvalue weighted by atomic mass is 9.98. The van der Waals surface area contributed by atoms with E-state index in [-0.39, 0.29) is 11.6 Å². The normalized spacial score (nSPS) is 14.2. The Balaban J connectivity index is 1.80. The first-order valence-corrected chi connectivity index (χ1v) is 10.00. The van der Waals surface area contributed by atoms with Crippen LogP contribution in [-0.4, -0.2) is 28.9 Å². The summed E-state index contributed by atoms with van der Waals surface area (Å²) in [5.74, 6) is -0.868. The number of anilines is 2. The second-order valence-electron chi connectivity index (χ2n) is 7.35. The lowest BCUT2D eigenvalue weighted by Gasteiger charge is -2.27. The van der Waals surface area contributed by atoms with Gasteiger partial charge in [0.2, 0.25) is 0 Å². The monoisotopic (exact) mass is 395 g/mol. The molecule has 4 rings (SSSR count). The number of likely N-dealkylation sites (tertiary alicyclic amines) is 1. The summed E-state index contributed by atoms with van der Waals surface area (Å²) in [7, 11) is 0. The number of nitrogens with one attached hydrogen (secondary N) is 1. The second kappa shape index (κ2) is 8.15. The average molecular weight is 395 g/mol. The molecule has 0 radical (unpaired) electrons. The summed E-state index contributed by atoms with van der Waals surface area (Å²) in [5.41, 5.74) is 1.89. The SMILES string of the molecule is CCc1cccc2c(Nc3cc(F)cc(F)c3)ncc(C(=O)N3CCCCC3)c12. The molecule has 1 N–H and O–H groups in total. The van der Waals surface area contributed by atoms with E-state index in [2.05, 4.69) is 10.3 Å². The number of benzene rings is 2. The number of hydrogen-bond acceptors (Lipinski definition) is 3. The molecule has 0 atom stereocenters. The molecule has 0 aliphatic carbocycles. The van der Waals surface area contributed by atoms with Gasteiger partial charge in [0.1, 0.15) is 17.5 Å². The molecule has 0 unspecified atom stereocenters. The molecule has 4 nitrogen and oxygen atoms in total. The first-order chi connectivity index (χ1) is 14.1. The van der Waals surface area contributed by atoms with Gasteiger partial charge >= 0.3 is 0 Å². The fourth-order valence-corrected chi connectivity index (χ4v) is 3.97. The maximum atomic E-state index is 13.6. The molecule has 1 aromatic heterocycles. The summed E-state index contributed by atoms with van der Waals surface area (Å²) in [6, 6.07) is 9.05. The van der Waals surface area contributed by atoms with Gasteiger partial charge < -0.3 is 10.2 Å². The summed E-state index contributed by atoms with van der Waals surface area (Å²) in [6.45, 7) is 3.56. The summed E-state index contributed by atoms with van der Waals surface area (Å²) >= 11 is 0. The van der Waals surface area contributed by atoms with Crippen LogP contribution in [-0.2, 0) is 6.42 Å². The van der Waals surface area contributed by atoms with Crippen LogP contribution in [0.15, 0.2) is 42.6 Å². The van der Waals surface area contributed by atoms with Crippen LogP contribution >= 0.6 is 0 Å². The molecule has 3 aromatic rings. The molecule has 29 heavy (non-hydrogen) atoms. The first kappa shape index (κ1) is 19.3. The van der Waals surface area contributed by atoms with Crippen molar-refractivity contribution in [3.8, 4) is 0 Å². The van der Waals surface area contributed by atoms with Crippen LogP contribution in [0, 0.1) is 11.6 Å². The van der Waals surface area contributed by atoms with Crippen LogP contribution in [0.25, 0.3) is 10.8 Å². The molecule has 1 aliphatic rings. The third-order valence-corrected chi connectivity index (χ3v) is 5.38. The van der Waals surface area contributed by atoms with Crippen molar-refractivity contribution in [1.29, 1.82) is 0 Å². The highest BCUT2D eigenvalue weighted by Crippen LogP contribution is 2.31. The van der Waals surface area contributed by atoms with Gasteiger partial charge in [0.15, 0.2) is 0 Å². The van der Waals surface area contributed by atoms with Gasteiger partial charge in [-0.15, -0.1) is 0 Å². The number of carbonyl (C=O) groups excluding carboxylic acids is 1. The number of amides is 1. The summed E-state index contributed by atoms with van der Waals surface area (Å²) in [6.07, 6.45) is 5.52. The number of hydrogen-bond donors (Lipinski definition) is 1. The van der Waals surface area contributed by atoms with Gasteiger partial charge in [0.05, 0.1) is 5.56 Å². The number of carbonyl (C=O) groups is 1. The van der Waals surface area contributed by atoms with Crippen molar-refractivity contribution in [1.82, 2.24) is 9.88 Å². The van der Waals surface area contributed by atoms with E-state index in [1.165, 1.54) is 12.1 Å². The Kier molecular flexibility index (Phi) is 5.43. The van der Waals surface area contributed by atoms with Crippen molar-refractivity contribution in [3.63, 3.8) is 0 Å². The Morgan fingerprint density at radius 1 is 1.10 bits per heavy atom. The van der Waals surface area contributed by atoms with E-state index in [4.69, 9.17) is 0 Å². The maximum absolute atomic E-state index is 13.6. The number of pyridine rings is 1. The molecular formula is C23H23F2N3O. The Hall–Kier alpha value is -3.02. The largest absolute Gasteiger partial charge is 0.340 e. The number of fused-ring (bicyclic) bond motifs is 1. The third kappa shape index (κ3) is 3.92. The van der Waals surface area contributed by atoms with Gasteiger partial charge in [0, 0.05) is 41.8 Å². The third-order valence-electron chi connectivity index (χ3n) is 5.38. The van der Waals surface area contributed by atoms with Crippen molar-refractivity contribution in [2.45, 2.75) is 32.6 Å². The van der Waals surface area contributed by atoms with Crippen LogP contribution in [0.5, 0.6) is 0 Å². The molecular weight excluding hydrogens is 372 g/mol. The summed E-state index contributed by atoms with van der Waals surface area (Å²) < 4.78 is 27.2. The zero-order valence-corrected chi connectivity index (χ0v) is 16.3. The highest BCUT2D eigenvalue weighted by molar-refractivity contribution is 6.10. The minimum atomic E-state index is -0.664. The van der Waals surface area contributed by atoms with Crippen LogP contribution in [0.2, 0.25) is 0 Å². The molecule has 0 bridgehead atoms. The molecule has 6 heteroatoms. The van der Waals surface area contributed by atoms with Crippen molar-refractivity contribution in [2.24, 2.45) is 0 Å². The fraction of sp³-hybridized carbons (Fsp3) is 0.304. The minimum Gasteiger partial charge on any atom is -0.340 e. The number of piperidine rings is 1. The lowest BCUT2D eigenvalue weighted by Crippen LogP contribution is -2.35. The van der Waals surface area contributed by atoms with Gasteiger partial charge in [-0.25, -0.2) is 13.8 Å². The van der Waals surface area contributed by atoms with Crippen molar-refractivity contribution in [3.05, 3.63) is 65.4 Å². The Morgan fingerprint density at radius 2 is 1.83 bits per heavy atom. The topological polar surface area (TPSA) is 45.2 Å². The number of rotatable bonds is 4. The van der Waals surface area contributed by atoms with E-state index in [1.807, 2.05) is 30.0 Å². The van der Waals surface area contributed by atoms with Crippen molar-refractivity contribution >= 4 is 28.2 Å². The van der Waals surface area contributed by atoms with Gasteiger partial charge in [-0.2, -0.15) is 0 Å². The molecule has 0 saturated carbocycles. The van der Waals surface area contributed by atoms with E-state index in [1.54, 1.807) is 6.20 Å². The summed E-state index contributed by atoms with van der Waals surface area (Å²) in [5, 5.41) is 4.62. The highest BCUT2D eigenvalue weighted by atomic mass is 19.1. The Bertz CT molecular complexity index is 1040. The van der Waals surface area contributed by atoms with E-state index in [0.717, 1.165) is 61.2 Å². The van der Waals surface area contributed by atoms with Crippen molar-refractivity contribution < 1.29 is 13.6 Å². The van der Waals surface area contributed by atoms with Gasteiger partial charge in [0.25, 0.3) is 5.91 Å². The fourth-order valence-electron chi connectivity index (χ4n) is 3.97. The molecule has 2 aromatic carbocycles. The summed E-state index contributed by atoms with van der Waals surface area (Å²) in [4.78, 5) is 19.5. The lowest BCUT2D eigenvalue weighted by molar-refractivity contribution is 0.0726. The number of aromatic nitrogens is 1. The molecule has 1 fully saturated rings. The second-order valence-corrected chi connectivity index (χ2v) is 7.35. The minimum absolute atomic E-state index is 0.00792. The van der Waals surface area contributed by atoms with Gasteiger partial charge in [-0.3, -0.25) is 4.79 Å². The van der Waals surface area contributed by atoms with Crippen LogP contribution in [0.1, 0.15) is 42.1 Å². The van der Waals surface area contributed by atoms with Crippen molar-refractivity contribution in [2.75, 3.05) is 18.4 Å². The number of nitrogens with zero attached hydrogens (tertiary/aromatic N) is 2. The van der Waals surface area contributed by atoms with Crippen LogP contribution in [0.3, 0.4) is 0 Å². The van der Waals surface area contributed by atoms with E-state index < -0.39 is 11.6 Å². The number of halogens is 2. The molecule has 2 heterocycles. The van der Waals surface area contributed by atoms with E-state index in [0.29, 0.717) is 11.4 Å². The predicted octanol–water partition coefficient (Wildman–Crippen LogP) is 5.45. The average Bonchev–Trinajstić information content (AvgIpc) is 2.73. The highest BCUT2D eigenvalue weighted by Gasteiger charge is 2.22. The number of aryl methyl sites for hydroxylation is 1. The maximum Gasteiger partial charge on any atom is 0.256 e. The predicted molar refractivity (Wildman–Crippen MR) is 111 cm³/mol. The zero-order chi connectivity index (χ0) is 20.4. The standard InChI is InChI=1S/C23H23F2N3O/c1-2-15-7-6-8-19-21(15)20(23(29)28-9-4-3-5-10-28)14-26-22(19)27-18-12-16(24)11-17(25)13-18/h6-8,11-14H,2-5,9-10H2,1H3,(H,26,27). The first-order valence-electron chi connectivity index (χ1n) is 10.00.